The molecule has 1 amide bonds. The molecular formula is C18H15N3O3S2. The summed E-state index contributed by atoms with van der Waals surface area (Å²) in [6, 6.07) is 15.7. The molecule has 2 aromatic carbocycles. The van der Waals surface area contributed by atoms with E-state index in [1.165, 1.54) is 16.9 Å². The summed E-state index contributed by atoms with van der Waals surface area (Å²) in [5, 5.41) is 12.2. The second-order valence-electron chi connectivity index (χ2n) is 5.51. The van der Waals surface area contributed by atoms with E-state index in [1.807, 2.05) is 48.5 Å². The maximum Gasteiger partial charge on any atom is 0.236 e. The standard InChI is InChI=1S/C18H15N3O3S2/c22-16(10-25-9-12-4-2-1-3-5-12)19-18-21-20-17(26-18)13-6-7-14-15(8-13)24-11-23-14/h1-8H,9-11H2,(H,19,21,22). The van der Waals surface area contributed by atoms with Gasteiger partial charge >= 0.3 is 0 Å². The number of hydrogen-bond donors (Lipinski definition) is 1. The lowest BCUT2D eigenvalue weighted by atomic mass is 10.2. The second kappa shape index (κ2) is 7.76. The Bertz CT molecular complexity index is 915. The fraction of sp³-hybridized carbons (Fsp3) is 0.167. The summed E-state index contributed by atoms with van der Waals surface area (Å²) in [6.07, 6.45) is 0. The van der Waals surface area contributed by atoms with E-state index in [0.717, 1.165) is 22.1 Å². The van der Waals surface area contributed by atoms with Crippen LogP contribution in [0.3, 0.4) is 0 Å². The number of anilines is 1. The first-order valence-corrected chi connectivity index (χ1v) is 9.90. The van der Waals surface area contributed by atoms with Crippen molar-refractivity contribution in [1.82, 2.24) is 10.2 Å². The second-order valence-corrected chi connectivity index (χ2v) is 7.47. The molecule has 1 N–H and O–H groups in total. The molecule has 0 saturated heterocycles. The van der Waals surface area contributed by atoms with E-state index in [1.54, 1.807) is 11.8 Å². The number of amides is 1. The van der Waals surface area contributed by atoms with Gasteiger partial charge in [0.25, 0.3) is 0 Å². The monoisotopic (exact) mass is 385 g/mol. The van der Waals surface area contributed by atoms with Crippen molar-refractivity contribution in [2.45, 2.75) is 5.75 Å². The molecule has 132 valence electrons. The maximum atomic E-state index is 12.1. The summed E-state index contributed by atoms with van der Waals surface area (Å²) in [7, 11) is 0. The third-order valence-electron chi connectivity index (χ3n) is 3.64. The average Bonchev–Trinajstić information content (AvgIpc) is 3.31. The summed E-state index contributed by atoms with van der Waals surface area (Å²) < 4.78 is 10.7. The van der Waals surface area contributed by atoms with Crippen LogP contribution >= 0.6 is 23.1 Å². The molecule has 1 aromatic heterocycles. The number of thioether (sulfide) groups is 1. The highest BCUT2D eigenvalue weighted by Crippen LogP contribution is 2.37. The van der Waals surface area contributed by atoms with Crippen LogP contribution in [0.4, 0.5) is 5.13 Å². The Morgan fingerprint density at radius 1 is 1.12 bits per heavy atom. The summed E-state index contributed by atoms with van der Waals surface area (Å²) in [6.45, 7) is 0.233. The van der Waals surface area contributed by atoms with Gasteiger partial charge in [-0.15, -0.1) is 22.0 Å². The van der Waals surface area contributed by atoms with Gasteiger partial charge in [0.05, 0.1) is 5.75 Å². The van der Waals surface area contributed by atoms with Crippen LogP contribution in [0.2, 0.25) is 0 Å². The Balaban J connectivity index is 1.32. The molecule has 4 rings (SSSR count). The zero-order valence-electron chi connectivity index (χ0n) is 13.7. The molecule has 0 spiro atoms. The molecule has 0 saturated carbocycles. The predicted molar refractivity (Wildman–Crippen MR) is 103 cm³/mol. The Hall–Kier alpha value is -2.58. The van der Waals surface area contributed by atoms with Crippen LogP contribution in [0.5, 0.6) is 11.5 Å². The van der Waals surface area contributed by atoms with Gasteiger partial charge in [0.15, 0.2) is 11.5 Å². The Morgan fingerprint density at radius 3 is 2.85 bits per heavy atom. The highest BCUT2D eigenvalue weighted by atomic mass is 32.2. The van der Waals surface area contributed by atoms with Gasteiger partial charge in [-0.1, -0.05) is 41.7 Å². The van der Waals surface area contributed by atoms with Crippen molar-refractivity contribution >= 4 is 34.1 Å². The Kier molecular flexibility index (Phi) is 5.03. The van der Waals surface area contributed by atoms with Gasteiger partial charge in [-0.25, -0.2) is 0 Å². The fourth-order valence-electron chi connectivity index (χ4n) is 2.41. The number of carbonyl (C=O) groups excluding carboxylic acids is 1. The van der Waals surface area contributed by atoms with E-state index >= 15 is 0 Å². The van der Waals surface area contributed by atoms with Gasteiger partial charge in [-0.05, 0) is 23.8 Å². The van der Waals surface area contributed by atoms with Crippen molar-refractivity contribution in [3.8, 4) is 22.1 Å². The molecule has 0 radical (unpaired) electrons. The van der Waals surface area contributed by atoms with Gasteiger partial charge in [0.2, 0.25) is 17.8 Å². The minimum Gasteiger partial charge on any atom is -0.454 e. The molecular weight excluding hydrogens is 370 g/mol. The molecule has 0 aliphatic carbocycles. The first-order valence-electron chi connectivity index (χ1n) is 7.93. The van der Waals surface area contributed by atoms with Crippen LogP contribution in [0.15, 0.2) is 48.5 Å². The minimum absolute atomic E-state index is 0.0840. The van der Waals surface area contributed by atoms with Crippen molar-refractivity contribution in [1.29, 1.82) is 0 Å². The third kappa shape index (κ3) is 3.97. The highest BCUT2D eigenvalue weighted by Gasteiger charge is 2.16. The van der Waals surface area contributed by atoms with Gasteiger partial charge in [-0.3, -0.25) is 10.1 Å². The molecule has 3 aromatic rings. The van der Waals surface area contributed by atoms with E-state index in [9.17, 15) is 4.79 Å². The molecule has 1 aliphatic rings. The van der Waals surface area contributed by atoms with Gasteiger partial charge in [-0.2, -0.15) is 0 Å². The zero-order chi connectivity index (χ0) is 17.8. The van der Waals surface area contributed by atoms with Crippen molar-refractivity contribution in [2.75, 3.05) is 17.9 Å². The number of rotatable bonds is 6. The first-order chi connectivity index (χ1) is 12.8. The maximum absolute atomic E-state index is 12.1. The molecule has 0 unspecified atom stereocenters. The van der Waals surface area contributed by atoms with Crippen LogP contribution in [-0.2, 0) is 10.5 Å². The topological polar surface area (TPSA) is 73.3 Å². The van der Waals surface area contributed by atoms with Crippen LogP contribution in [0, 0.1) is 0 Å². The molecule has 0 atom stereocenters. The number of ether oxygens (including phenoxy) is 2. The largest absolute Gasteiger partial charge is 0.454 e. The van der Waals surface area contributed by atoms with Gasteiger partial charge < -0.3 is 9.47 Å². The van der Waals surface area contributed by atoms with E-state index in [-0.39, 0.29) is 12.7 Å². The molecule has 0 fully saturated rings. The van der Waals surface area contributed by atoms with Crippen molar-refractivity contribution in [3.63, 3.8) is 0 Å². The molecule has 8 heteroatoms. The van der Waals surface area contributed by atoms with Crippen LogP contribution in [0.1, 0.15) is 5.56 Å². The average molecular weight is 385 g/mol. The van der Waals surface area contributed by atoms with Gasteiger partial charge in [0.1, 0.15) is 5.01 Å². The van der Waals surface area contributed by atoms with E-state index in [0.29, 0.717) is 16.6 Å². The van der Waals surface area contributed by atoms with Crippen molar-refractivity contribution < 1.29 is 14.3 Å². The lowest BCUT2D eigenvalue weighted by Gasteiger charge is -2.02. The first kappa shape index (κ1) is 16.9. The number of aromatic nitrogens is 2. The molecule has 26 heavy (non-hydrogen) atoms. The predicted octanol–water partition coefficient (Wildman–Crippen LogP) is 3.81. The van der Waals surface area contributed by atoms with Crippen molar-refractivity contribution in [3.05, 3.63) is 54.1 Å². The summed E-state index contributed by atoms with van der Waals surface area (Å²) in [5.74, 6) is 2.50. The lowest BCUT2D eigenvalue weighted by Crippen LogP contribution is -2.13. The van der Waals surface area contributed by atoms with E-state index in [2.05, 4.69) is 15.5 Å². The van der Waals surface area contributed by atoms with Crippen LogP contribution in [-0.4, -0.2) is 28.7 Å². The zero-order valence-corrected chi connectivity index (χ0v) is 15.3. The number of carbonyl (C=O) groups is 1. The van der Waals surface area contributed by atoms with Crippen molar-refractivity contribution in [2.24, 2.45) is 0 Å². The molecule has 6 nitrogen and oxygen atoms in total. The van der Waals surface area contributed by atoms with E-state index < -0.39 is 0 Å². The SMILES string of the molecule is O=C(CSCc1ccccc1)Nc1nnc(-c2ccc3c(c2)OCO3)s1. The van der Waals surface area contributed by atoms with E-state index in [4.69, 9.17) is 9.47 Å². The number of benzene rings is 2. The minimum atomic E-state index is -0.0840. The highest BCUT2D eigenvalue weighted by molar-refractivity contribution is 7.99. The van der Waals surface area contributed by atoms with Crippen LogP contribution < -0.4 is 14.8 Å². The third-order valence-corrected chi connectivity index (χ3v) is 5.53. The molecule has 1 aliphatic heterocycles. The molecule has 2 heterocycles. The summed E-state index contributed by atoms with van der Waals surface area (Å²) in [5.41, 5.74) is 2.08. The number of nitrogens with one attached hydrogen (secondary N) is 1. The Labute approximate surface area is 158 Å². The quantitative estimate of drug-likeness (QED) is 0.696. The normalized spacial score (nSPS) is 12.2. The number of hydrogen-bond acceptors (Lipinski definition) is 7. The van der Waals surface area contributed by atoms with Crippen LogP contribution in [0.25, 0.3) is 10.6 Å². The summed E-state index contributed by atoms with van der Waals surface area (Å²) >= 11 is 2.89. The Morgan fingerprint density at radius 2 is 1.96 bits per heavy atom. The fourth-order valence-corrected chi connectivity index (χ4v) is 3.96. The smallest absolute Gasteiger partial charge is 0.236 e. The lowest BCUT2D eigenvalue weighted by molar-refractivity contribution is -0.113. The number of nitrogens with zero attached hydrogens (tertiary/aromatic N) is 2. The molecule has 0 bridgehead atoms. The summed E-state index contributed by atoms with van der Waals surface area (Å²) in [4.78, 5) is 12.1. The van der Waals surface area contributed by atoms with Gasteiger partial charge in [0, 0.05) is 11.3 Å². The number of fused-ring (bicyclic) bond motifs is 1.